The first-order chi connectivity index (χ1) is 9.50. The van der Waals surface area contributed by atoms with Crippen LogP contribution >= 0.6 is 11.8 Å². The van der Waals surface area contributed by atoms with Crippen molar-refractivity contribution in [3.05, 3.63) is 35.1 Å². The van der Waals surface area contributed by atoms with Gasteiger partial charge in [0.25, 0.3) is 0 Å². The van der Waals surface area contributed by atoms with Crippen LogP contribution in [0.4, 0.5) is 4.39 Å². The van der Waals surface area contributed by atoms with Crippen molar-refractivity contribution in [2.75, 3.05) is 25.4 Å². The highest BCUT2D eigenvalue weighted by atomic mass is 32.2. The monoisotopic (exact) mass is 292 g/mol. The molecule has 1 fully saturated rings. The summed E-state index contributed by atoms with van der Waals surface area (Å²) in [6.07, 6.45) is 0. The van der Waals surface area contributed by atoms with Crippen molar-refractivity contribution >= 4 is 11.8 Å². The van der Waals surface area contributed by atoms with Gasteiger partial charge in [-0.05, 0) is 31.5 Å². The summed E-state index contributed by atoms with van der Waals surface area (Å²) in [5.74, 6) is 6.38. The molecule has 20 heavy (non-hydrogen) atoms. The molecule has 0 aliphatic carbocycles. The van der Waals surface area contributed by atoms with Crippen molar-refractivity contribution in [3.8, 4) is 11.8 Å². The van der Waals surface area contributed by atoms with Crippen LogP contribution in [0.3, 0.4) is 0 Å². The fourth-order valence-corrected chi connectivity index (χ4v) is 3.60. The molecule has 1 aliphatic heterocycles. The number of nitrogens with two attached hydrogens (primary N) is 1. The normalized spacial score (nSPS) is 18.4. The highest BCUT2D eigenvalue weighted by Gasteiger charge is 2.26. The quantitative estimate of drug-likeness (QED) is 0.849. The number of thioether (sulfide) groups is 1. The molecule has 2 nitrogen and oxygen atoms in total. The van der Waals surface area contributed by atoms with E-state index in [1.54, 1.807) is 0 Å². The summed E-state index contributed by atoms with van der Waals surface area (Å²) in [6.45, 7) is 7.77. The van der Waals surface area contributed by atoms with Crippen LogP contribution < -0.4 is 5.73 Å². The zero-order chi connectivity index (χ0) is 14.6. The van der Waals surface area contributed by atoms with Crippen molar-refractivity contribution in [2.45, 2.75) is 25.1 Å². The Morgan fingerprint density at radius 1 is 1.45 bits per heavy atom. The van der Waals surface area contributed by atoms with Gasteiger partial charge >= 0.3 is 0 Å². The summed E-state index contributed by atoms with van der Waals surface area (Å²) in [6, 6.07) is 5.18. The van der Waals surface area contributed by atoms with Gasteiger partial charge in [-0.3, -0.25) is 4.90 Å². The van der Waals surface area contributed by atoms with Gasteiger partial charge in [-0.1, -0.05) is 17.9 Å². The summed E-state index contributed by atoms with van der Waals surface area (Å²) in [5, 5.41) is 0. The molecule has 1 aliphatic rings. The van der Waals surface area contributed by atoms with E-state index in [1.165, 1.54) is 6.07 Å². The zero-order valence-corrected chi connectivity index (χ0v) is 12.9. The van der Waals surface area contributed by atoms with E-state index >= 15 is 0 Å². The first kappa shape index (κ1) is 15.4. The molecule has 1 aromatic carbocycles. The standard InChI is InChI=1S/C16H21FN2S/c1-16(2)12-19(8-9-20-16)11-13-5-6-15(17)14(10-13)4-3-7-18/h5-6,10H,7-9,11-12,18H2,1-2H3. The third-order valence-corrected chi connectivity index (χ3v) is 4.56. The maximum Gasteiger partial charge on any atom is 0.138 e. The Hall–Kier alpha value is -1.02. The van der Waals surface area contributed by atoms with E-state index in [9.17, 15) is 4.39 Å². The summed E-state index contributed by atoms with van der Waals surface area (Å²) in [7, 11) is 0. The van der Waals surface area contributed by atoms with Crippen LogP contribution in [0.1, 0.15) is 25.0 Å². The topological polar surface area (TPSA) is 29.3 Å². The molecule has 0 saturated carbocycles. The van der Waals surface area contributed by atoms with Crippen LogP contribution in [0.25, 0.3) is 0 Å². The van der Waals surface area contributed by atoms with Gasteiger partial charge in [-0.25, -0.2) is 4.39 Å². The number of rotatable bonds is 2. The molecule has 4 heteroatoms. The lowest BCUT2D eigenvalue weighted by atomic mass is 10.1. The molecule has 108 valence electrons. The Morgan fingerprint density at radius 3 is 2.95 bits per heavy atom. The second-order valence-corrected chi connectivity index (χ2v) is 7.44. The average molecular weight is 292 g/mol. The molecule has 1 saturated heterocycles. The molecule has 0 bridgehead atoms. The van der Waals surface area contributed by atoms with Crippen molar-refractivity contribution in [3.63, 3.8) is 0 Å². The SMILES string of the molecule is CC1(C)CN(Cc2ccc(F)c(C#CCN)c2)CCS1. The lowest BCUT2D eigenvalue weighted by Gasteiger charge is -2.37. The number of hydrogen-bond acceptors (Lipinski definition) is 3. The Morgan fingerprint density at radius 2 is 2.25 bits per heavy atom. The highest BCUT2D eigenvalue weighted by molar-refractivity contribution is 8.00. The minimum atomic E-state index is -0.274. The van der Waals surface area contributed by atoms with E-state index in [0.717, 1.165) is 31.0 Å². The van der Waals surface area contributed by atoms with Gasteiger partial charge in [-0.2, -0.15) is 11.8 Å². The van der Waals surface area contributed by atoms with Crippen LogP contribution in [0.15, 0.2) is 18.2 Å². The van der Waals surface area contributed by atoms with E-state index in [0.29, 0.717) is 10.3 Å². The predicted octanol–water partition coefficient (Wildman–Crippen LogP) is 2.46. The van der Waals surface area contributed by atoms with E-state index in [4.69, 9.17) is 5.73 Å². The van der Waals surface area contributed by atoms with Gasteiger partial charge < -0.3 is 5.73 Å². The van der Waals surface area contributed by atoms with Crippen LogP contribution in [0.5, 0.6) is 0 Å². The van der Waals surface area contributed by atoms with E-state index in [-0.39, 0.29) is 12.4 Å². The van der Waals surface area contributed by atoms with Crippen LogP contribution in [-0.2, 0) is 6.54 Å². The minimum absolute atomic E-state index is 0.251. The molecule has 1 aromatic rings. The molecule has 0 radical (unpaired) electrons. The molecule has 1 heterocycles. The van der Waals surface area contributed by atoms with Crippen molar-refractivity contribution in [2.24, 2.45) is 5.73 Å². The Balaban J connectivity index is 2.09. The summed E-state index contributed by atoms with van der Waals surface area (Å²) in [4.78, 5) is 2.42. The minimum Gasteiger partial charge on any atom is -0.320 e. The molecule has 0 spiro atoms. The molecule has 0 atom stereocenters. The van der Waals surface area contributed by atoms with Gasteiger partial charge in [0.1, 0.15) is 5.82 Å². The number of benzene rings is 1. The van der Waals surface area contributed by atoms with Gasteiger partial charge in [0, 0.05) is 30.1 Å². The Bertz CT molecular complexity index is 531. The van der Waals surface area contributed by atoms with Crippen LogP contribution in [0.2, 0.25) is 0 Å². The number of nitrogens with zero attached hydrogens (tertiary/aromatic N) is 1. The zero-order valence-electron chi connectivity index (χ0n) is 12.1. The van der Waals surface area contributed by atoms with Crippen molar-refractivity contribution in [1.82, 2.24) is 4.90 Å². The molecule has 0 unspecified atom stereocenters. The predicted molar refractivity (Wildman–Crippen MR) is 84.1 cm³/mol. The molecule has 2 rings (SSSR count). The van der Waals surface area contributed by atoms with Crippen molar-refractivity contribution < 1.29 is 4.39 Å². The molecule has 2 N–H and O–H groups in total. The largest absolute Gasteiger partial charge is 0.320 e. The summed E-state index contributed by atoms with van der Waals surface area (Å²) >= 11 is 2.01. The maximum absolute atomic E-state index is 13.6. The lowest BCUT2D eigenvalue weighted by Crippen LogP contribution is -2.42. The van der Waals surface area contributed by atoms with Crippen molar-refractivity contribution in [1.29, 1.82) is 0 Å². The highest BCUT2D eigenvalue weighted by Crippen LogP contribution is 2.30. The van der Waals surface area contributed by atoms with E-state index < -0.39 is 0 Å². The van der Waals surface area contributed by atoms with Gasteiger partial charge in [0.2, 0.25) is 0 Å². The summed E-state index contributed by atoms with van der Waals surface area (Å²) < 4.78 is 13.9. The number of halogens is 1. The van der Waals surface area contributed by atoms with Crippen LogP contribution in [0, 0.1) is 17.7 Å². The van der Waals surface area contributed by atoms with Gasteiger partial charge in [0.15, 0.2) is 0 Å². The van der Waals surface area contributed by atoms with Crippen LogP contribution in [-0.4, -0.2) is 35.0 Å². The first-order valence-electron chi connectivity index (χ1n) is 6.84. The molecular weight excluding hydrogens is 271 g/mol. The molecule has 0 amide bonds. The maximum atomic E-state index is 13.6. The van der Waals surface area contributed by atoms with Gasteiger partial charge in [0.05, 0.1) is 12.1 Å². The second kappa shape index (κ2) is 6.62. The average Bonchev–Trinajstić information content (AvgIpc) is 2.38. The summed E-state index contributed by atoms with van der Waals surface area (Å²) in [5.41, 5.74) is 6.89. The smallest absolute Gasteiger partial charge is 0.138 e. The first-order valence-corrected chi connectivity index (χ1v) is 7.82. The fraction of sp³-hybridized carbons (Fsp3) is 0.500. The molecular formula is C16H21FN2S. The Labute approximate surface area is 124 Å². The van der Waals surface area contributed by atoms with E-state index in [1.807, 2.05) is 23.9 Å². The number of hydrogen-bond donors (Lipinski definition) is 1. The lowest BCUT2D eigenvalue weighted by molar-refractivity contribution is 0.252. The Kier molecular flexibility index (Phi) is 5.09. The second-order valence-electron chi connectivity index (χ2n) is 5.64. The fourth-order valence-electron chi connectivity index (χ4n) is 2.42. The van der Waals surface area contributed by atoms with E-state index in [2.05, 4.69) is 30.6 Å². The molecule has 0 aromatic heterocycles. The third-order valence-electron chi connectivity index (χ3n) is 3.27. The third kappa shape index (κ3) is 4.24. The van der Waals surface area contributed by atoms with Gasteiger partial charge in [-0.15, -0.1) is 0 Å².